The molecule has 0 spiro atoms. The van der Waals surface area contributed by atoms with Gasteiger partial charge in [-0.05, 0) is 51.8 Å². The van der Waals surface area contributed by atoms with Crippen molar-refractivity contribution in [1.82, 2.24) is 5.32 Å². The fourth-order valence-corrected chi connectivity index (χ4v) is 5.69. The van der Waals surface area contributed by atoms with Crippen LogP contribution < -0.4 is 5.32 Å². The van der Waals surface area contributed by atoms with Crippen molar-refractivity contribution in [2.75, 3.05) is 46.2 Å². The Balaban J connectivity index is 2.28. The normalized spacial score (nSPS) is 11.1. The number of alkyl carbamates (subject to hydrolysis) is 1. The number of esters is 2. The van der Waals surface area contributed by atoms with Crippen LogP contribution in [0.5, 0.6) is 0 Å². The second-order valence-electron chi connectivity index (χ2n) is 6.97. The molecule has 1 rings (SSSR count). The number of ether oxygens (including phenoxy) is 3. The third kappa shape index (κ3) is 11.6. The molecule has 0 aliphatic heterocycles. The Labute approximate surface area is 202 Å². The van der Waals surface area contributed by atoms with Crippen LogP contribution in [0.1, 0.15) is 50.0 Å². The van der Waals surface area contributed by atoms with Crippen LogP contribution in [0.4, 0.5) is 4.79 Å². The third-order valence-corrected chi connectivity index (χ3v) is 7.54. The number of rotatable bonds is 17. The van der Waals surface area contributed by atoms with Crippen LogP contribution in [-0.4, -0.2) is 73.0 Å². The van der Waals surface area contributed by atoms with Crippen LogP contribution in [0, 0.1) is 0 Å². The predicted molar refractivity (Wildman–Crippen MR) is 126 cm³/mol. The summed E-state index contributed by atoms with van der Waals surface area (Å²) in [5.74, 6) is -0.937. The van der Waals surface area contributed by atoms with E-state index in [1.165, 1.54) is 0 Å². The summed E-state index contributed by atoms with van der Waals surface area (Å²) < 4.78 is 32.4. The molecule has 11 heteroatoms. The van der Waals surface area contributed by atoms with Gasteiger partial charge in [-0.3, -0.25) is 4.79 Å². The molecule has 0 saturated heterocycles. The van der Waals surface area contributed by atoms with E-state index in [9.17, 15) is 14.4 Å². The number of amides is 1. The summed E-state index contributed by atoms with van der Waals surface area (Å²) in [7, 11) is -2.73. The monoisotopic (exact) mass is 499 g/mol. The quantitative estimate of drug-likeness (QED) is 0.149. The van der Waals surface area contributed by atoms with E-state index in [-0.39, 0.29) is 26.2 Å². The second kappa shape index (κ2) is 17.0. The standard InChI is InChI=1S/C23H37NO9Si/c1-5-28-22(26)20-12-9-11-19(17-20)18-21(25)29-14-15-30-23(27)24-13-10-16-34(31-6-2,32-7-3)33-8-4/h9,11-12,17H,5-8,10,13-16,18H2,1-4H3,(H,24,27). The number of nitrogens with one attached hydrogen (secondary N) is 1. The summed E-state index contributed by atoms with van der Waals surface area (Å²) in [6, 6.07) is 7.17. The molecule has 0 unspecified atom stereocenters. The summed E-state index contributed by atoms with van der Waals surface area (Å²) >= 11 is 0. The molecule has 34 heavy (non-hydrogen) atoms. The number of carbonyl (C=O) groups excluding carboxylic acids is 3. The maximum atomic E-state index is 12.0. The maximum absolute atomic E-state index is 12.0. The first-order valence-electron chi connectivity index (χ1n) is 11.6. The molecule has 1 amide bonds. The smallest absolute Gasteiger partial charge is 0.462 e. The number of hydrogen-bond donors (Lipinski definition) is 1. The summed E-state index contributed by atoms with van der Waals surface area (Å²) in [5.41, 5.74) is 0.996. The van der Waals surface area contributed by atoms with Crippen LogP contribution in [0.2, 0.25) is 6.04 Å². The molecule has 192 valence electrons. The van der Waals surface area contributed by atoms with Gasteiger partial charge in [-0.15, -0.1) is 0 Å². The van der Waals surface area contributed by atoms with Crippen molar-refractivity contribution < 1.29 is 41.9 Å². The Morgan fingerprint density at radius 1 is 0.853 bits per heavy atom. The van der Waals surface area contributed by atoms with E-state index in [0.29, 0.717) is 50.0 Å². The lowest BCUT2D eigenvalue weighted by Gasteiger charge is -2.28. The average molecular weight is 500 g/mol. The maximum Gasteiger partial charge on any atom is 0.500 e. The molecule has 0 bridgehead atoms. The Kier molecular flexibility index (Phi) is 14.8. The van der Waals surface area contributed by atoms with Crippen molar-refractivity contribution in [3.8, 4) is 0 Å². The summed E-state index contributed by atoms with van der Waals surface area (Å²) in [6.45, 7) is 9.39. The Bertz CT molecular complexity index is 743. The molecular weight excluding hydrogens is 462 g/mol. The topological polar surface area (TPSA) is 119 Å². The molecule has 0 saturated carbocycles. The molecule has 10 nitrogen and oxygen atoms in total. The molecule has 1 aromatic rings. The SMILES string of the molecule is CCOC(=O)c1cccc(CC(=O)OCCOC(=O)NCCC[Si](OCC)(OCC)OCC)c1. The van der Waals surface area contributed by atoms with E-state index in [1.807, 2.05) is 20.8 Å². The predicted octanol–water partition coefficient (Wildman–Crippen LogP) is 3.11. The largest absolute Gasteiger partial charge is 0.500 e. The third-order valence-electron chi connectivity index (χ3n) is 4.39. The van der Waals surface area contributed by atoms with E-state index in [1.54, 1.807) is 31.2 Å². The van der Waals surface area contributed by atoms with Gasteiger partial charge in [-0.25, -0.2) is 9.59 Å². The molecule has 0 aromatic heterocycles. The lowest BCUT2D eigenvalue weighted by molar-refractivity contribution is -0.143. The van der Waals surface area contributed by atoms with Crippen molar-refractivity contribution in [3.63, 3.8) is 0 Å². The van der Waals surface area contributed by atoms with Gasteiger partial charge in [0, 0.05) is 32.4 Å². The first kappa shape index (κ1) is 29.6. The molecule has 0 atom stereocenters. The minimum absolute atomic E-state index is 0.00935. The Morgan fingerprint density at radius 3 is 2.12 bits per heavy atom. The van der Waals surface area contributed by atoms with Crippen molar-refractivity contribution in [1.29, 1.82) is 0 Å². The highest BCUT2D eigenvalue weighted by Gasteiger charge is 2.39. The summed E-state index contributed by atoms with van der Waals surface area (Å²) in [4.78, 5) is 35.6. The highest BCUT2D eigenvalue weighted by molar-refractivity contribution is 6.60. The van der Waals surface area contributed by atoms with Gasteiger partial charge in [0.1, 0.15) is 13.2 Å². The number of carbonyl (C=O) groups is 3. The molecule has 1 aromatic carbocycles. The minimum Gasteiger partial charge on any atom is -0.462 e. The number of benzene rings is 1. The summed E-state index contributed by atoms with van der Waals surface area (Å²) in [6.07, 6.45) is 0.000776. The van der Waals surface area contributed by atoms with E-state index >= 15 is 0 Å². The van der Waals surface area contributed by atoms with Gasteiger partial charge in [0.05, 0.1) is 18.6 Å². The van der Waals surface area contributed by atoms with Gasteiger partial charge < -0.3 is 32.8 Å². The molecule has 0 aliphatic rings. The van der Waals surface area contributed by atoms with Gasteiger partial charge in [-0.2, -0.15) is 0 Å². The highest BCUT2D eigenvalue weighted by atomic mass is 28.4. The minimum atomic E-state index is -2.73. The zero-order valence-electron chi connectivity index (χ0n) is 20.6. The van der Waals surface area contributed by atoms with E-state index in [0.717, 1.165) is 0 Å². The fraction of sp³-hybridized carbons (Fsp3) is 0.609. The second-order valence-corrected chi connectivity index (χ2v) is 9.70. The fourth-order valence-electron chi connectivity index (χ4n) is 3.08. The lowest BCUT2D eigenvalue weighted by atomic mass is 10.1. The molecule has 0 radical (unpaired) electrons. The van der Waals surface area contributed by atoms with Gasteiger partial charge in [-0.1, -0.05) is 12.1 Å². The first-order chi connectivity index (χ1) is 16.4. The van der Waals surface area contributed by atoms with Crippen LogP contribution in [-0.2, 0) is 38.7 Å². The zero-order chi connectivity index (χ0) is 25.2. The highest BCUT2D eigenvalue weighted by Crippen LogP contribution is 2.17. The van der Waals surface area contributed by atoms with Crippen molar-refractivity contribution in [3.05, 3.63) is 35.4 Å². The number of hydrogen-bond acceptors (Lipinski definition) is 9. The molecule has 1 N–H and O–H groups in total. The van der Waals surface area contributed by atoms with Gasteiger partial charge in [0.25, 0.3) is 0 Å². The lowest BCUT2D eigenvalue weighted by Crippen LogP contribution is -2.46. The van der Waals surface area contributed by atoms with E-state index < -0.39 is 26.8 Å². The first-order valence-corrected chi connectivity index (χ1v) is 13.6. The Morgan fingerprint density at radius 2 is 1.50 bits per heavy atom. The van der Waals surface area contributed by atoms with Crippen molar-refractivity contribution in [2.24, 2.45) is 0 Å². The van der Waals surface area contributed by atoms with Gasteiger partial charge in [0.2, 0.25) is 0 Å². The average Bonchev–Trinajstić information content (AvgIpc) is 2.80. The van der Waals surface area contributed by atoms with Crippen LogP contribution in [0.3, 0.4) is 0 Å². The molecular formula is C23H37NO9Si. The van der Waals surface area contributed by atoms with Gasteiger partial charge >= 0.3 is 26.8 Å². The van der Waals surface area contributed by atoms with Crippen molar-refractivity contribution >= 4 is 26.8 Å². The van der Waals surface area contributed by atoms with E-state index in [2.05, 4.69) is 5.32 Å². The molecule has 0 aliphatic carbocycles. The van der Waals surface area contributed by atoms with Crippen LogP contribution >= 0.6 is 0 Å². The zero-order valence-corrected chi connectivity index (χ0v) is 21.6. The van der Waals surface area contributed by atoms with Crippen LogP contribution in [0.25, 0.3) is 0 Å². The summed E-state index contributed by atoms with van der Waals surface area (Å²) in [5, 5.41) is 2.65. The van der Waals surface area contributed by atoms with E-state index in [4.69, 9.17) is 27.5 Å². The molecule has 0 heterocycles. The Hall–Kier alpha value is -2.47. The van der Waals surface area contributed by atoms with Crippen LogP contribution in [0.15, 0.2) is 24.3 Å². The van der Waals surface area contributed by atoms with Gasteiger partial charge in [0.15, 0.2) is 0 Å². The van der Waals surface area contributed by atoms with Crippen molar-refractivity contribution in [2.45, 2.75) is 46.6 Å². The molecule has 0 fully saturated rings.